The van der Waals surface area contributed by atoms with E-state index < -0.39 is 0 Å². The fourth-order valence-electron chi connectivity index (χ4n) is 2.80. The standard InChI is InChI=1S/C20H20N2O3/c1-14-8-6-7-11-16(14)21-18-17(15-9-4-3-5-10-15)19(23)22(20(18)24)12-13-25-2/h3-11,21H,12-13H2,1-2H3. The van der Waals surface area contributed by atoms with Crippen LogP contribution in [0.1, 0.15) is 11.1 Å². The zero-order valence-electron chi connectivity index (χ0n) is 14.3. The first kappa shape index (κ1) is 16.9. The molecule has 0 atom stereocenters. The van der Waals surface area contributed by atoms with Gasteiger partial charge in [0.2, 0.25) is 0 Å². The highest BCUT2D eigenvalue weighted by Crippen LogP contribution is 2.30. The van der Waals surface area contributed by atoms with E-state index in [0.717, 1.165) is 16.8 Å². The number of hydrogen-bond acceptors (Lipinski definition) is 4. The Hall–Kier alpha value is -2.92. The smallest absolute Gasteiger partial charge is 0.278 e. The Morgan fingerprint density at radius 3 is 2.32 bits per heavy atom. The predicted octanol–water partition coefficient (Wildman–Crippen LogP) is 2.83. The van der Waals surface area contributed by atoms with Crippen LogP contribution in [0, 0.1) is 6.92 Å². The lowest BCUT2D eigenvalue weighted by molar-refractivity contribution is -0.137. The van der Waals surface area contributed by atoms with Crippen molar-refractivity contribution in [2.75, 3.05) is 25.6 Å². The lowest BCUT2D eigenvalue weighted by Crippen LogP contribution is -2.35. The highest BCUT2D eigenvalue weighted by molar-refractivity contribution is 6.36. The second-order valence-electron chi connectivity index (χ2n) is 5.81. The molecular weight excluding hydrogens is 316 g/mol. The first-order valence-corrected chi connectivity index (χ1v) is 8.11. The molecule has 0 saturated heterocycles. The zero-order chi connectivity index (χ0) is 17.8. The normalized spacial score (nSPS) is 14.4. The molecule has 2 aromatic rings. The summed E-state index contributed by atoms with van der Waals surface area (Å²) in [5.41, 5.74) is 3.22. The van der Waals surface area contributed by atoms with Gasteiger partial charge in [-0.3, -0.25) is 14.5 Å². The summed E-state index contributed by atoms with van der Waals surface area (Å²) in [6, 6.07) is 16.9. The van der Waals surface area contributed by atoms with Crippen LogP contribution in [0.5, 0.6) is 0 Å². The molecule has 1 aliphatic rings. The number of imide groups is 1. The van der Waals surface area contributed by atoms with Crippen LogP contribution in [0.15, 0.2) is 60.3 Å². The number of hydrogen-bond donors (Lipinski definition) is 1. The van der Waals surface area contributed by atoms with Gasteiger partial charge in [-0.15, -0.1) is 0 Å². The number of ether oxygens (including phenoxy) is 1. The molecule has 3 rings (SSSR count). The summed E-state index contributed by atoms with van der Waals surface area (Å²) in [5, 5.41) is 3.17. The van der Waals surface area contributed by atoms with E-state index in [-0.39, 0.29) is 18.4 Å². The predicted molar refractivity (Wildman–Crippen MR) is 96.8 cm³/mol. The van der Waals surface area contributed by atoms with Crippen LogP contribution >= 0.6 is 0 Å². The molecule has 0 bridgehead atoms. The fourth-order valence-corrected chi connectivity index (χ4v) is 2.80. The molecule has 5 nitrogen and oxygen atoms in total. The van der Waals surface area contributed by atoms with Gasteiger partial charge in [0.25, 0.3) is 11.8 Å². The molecule has 128 valence electrons. The van der Waals surface area contributed by atoms with Gasteiger partial charge < -0.3 is 10.1 Å². The number of nitrogens with zero attached hydrogens (tertiary/aromatic N) is 1. The third-order valence-corrected chi connectivity index (χ3v) is 4.15. The summed E-state index contributed by atoms with van der Waals surface area (Å²) in [5.74, 6) is -0.631. The Morgan fingerprint density at radius 1 is 0.960 bits per heavy atom. The van der Waals surface area contributed by atoms with Crippen molar-refractivity contribution in [1.29, 1.82) is 0 Å². The van der Waals surface area contributed by atoms with Gasteiger partial charge in [-0.05, 0) is 24.1 Å². The van der Waals surface area contributed by atoms with E-state index in [1.165, 1.54) is 4.90 Å². The van der Waals surface area contributed by atoms with Gasteiger partial charge in [-0.25, -0.2) is 0 Å². The van der Waals surface area contributed by atoms with E-state index in [0.29, 0.717) is 17.9 Å². The molecule has 0 saturated carbocycles. The molecule has 0 aromatic heterocycles. The number of para-hydroxylation sites is 1. The summed E-state index contributed by atoms with van der Waals surface area (Å²) in [7, 11) is 1.54. The molecule has 2 amide bonds. The van der Waals surface area contributed by atoms with Crippen LogP contribution in [0.3, 0.4) is 0 Å². The molecule has 0 unspecified atom stereocenters. The Morgan fingerprint density at radius 2 is 1.64 bits per heavy atom. The summed E-state index contributed by atoms with van der Waals surface area (Å²) < 4.78 is 5.03. The number of rotatable bonds is 6. The number of amides is 2. The minimum absolute atomic E-state index is 0.226. The van der Waals surface area contributed by atoms with E-state index in [2.05, 4.69) is 5.32 Å². The molecule has 2 aromatic carbocycles. The number of anilines is 1. The van der Waals surface area contributed by atoms with Gasteiger partial charge in [0.05, 0.1) is 18.7 Å². The zero-order valence-corrected chi connectivity index (χ0v) is 14.3. The molecule has 5 heteroatoms. The van der Waals surface area contributed by atoms with Gasteiger partial charge in [-0.2, -0.15) is 0 Å². The Balaban J connectivity index is 2.04. The largest absolute Gasteiger partial charge is 0.383 e. The van der Waals surface area contributed by atoms with Crippen LogP contribution in [0.2, 0.25) is 0 Å². The average Bonchev–Trinajstić information content (AvgIpc) is 2.86. The number of benzene rings is 2. The van der Waals surface area contributed by atoms with Crippen LogP contribution in [0.4, 0.5) is 5.69 Å². The van der Waals surface area contributed by atoms with Crippen LogP contribution in [-0.2, 0) is 14.3 Å². The Kier molecular flexibility index (Phi) is 4.95. The number of nitrogens with one attached hydrogen (secondary N) is 1. The summed E-state index contributed by atoms with van der Waals surface area (Å²) in [6.45, 7) is 2.48. The first-order valence-electron chi connectivity index (χ1n) is 8.11. The van der Waals surface area contributed by atoms with Crippen LogP contribution in [-0.4, -0.2) is 37.0 Å². The summed E-state index contributed by atoms with van der Waals surface area (Å²) >= 11 is 0. The van der Waals surface area contributed by atoms with Gasteiger partial charge in [0.15, 0.2) is 0 Å². The molecule has 1 aliphatic heterocycles. The van der Waals surface area contributed by atoms with Crippen molar-refractivity contribution < 1.29 is 14.3 Å². The summed E-state index contributed by atoms with van der Waals surface area (Å²) in [6.07, 6.45) is 0. The van der Waals surface area contributed by atoms with Crippen molar-refractivity contribution in [2.24, 2.45) is 0 Å². The first-order chi connectivity index (χ1) is 12.1. The van der Waals surface area contributed by atoms with E-state index >= 15 is 0 Å². The highest BCUT2D eigenvalue weighted by atomic mass is 16.5. The Bertz CT molecular complexity index is 828. The third kappa shape index (κ3) is 3.32. The minimum atomic E-state index is -0.329. The van der Waals surface area contributed by atoms with Crippen LogP contribution in [0.25, 0.3) is 5.57 Å². The molecule has 1 N–H and O–H groups in total. The maximum absolute atomic E-state index is 12.9. The quantitative estimate of drug-likeness (QED) is 0.824. The average molecular weight is 336 g/mol. The van der Waals surface area contributed by atoms with E-state index in [9.17, 15) is 9.59 Å². The highest BCUT2D eigenvalue weighted by Gasteiger charge is 2.38. The van der Waals surface area contributed by atoms with Crippen molar-refractivity contribution in [2.45, 2.75) is 6.92 Å². The van der Waals surface area contributed by atoms with Crippen molar-refractivity contribution in [1.82, 2.24) is 4.90 Å². The second kappa shape index (κ2) is 7.32. The third-order valence-electron chi connectivity index (χ3n) is 4.15. The van der Waals surface area contributed by atoms with Crippen molar-refractivity contribution in [3.8, 4) is 0 Å². The topological polar surface area (TPSA) is 58.6 Å². The monoisotopic (exact) mass is 336 g/mol. The van der Waals surface area contributed by atoms with Crippen molar-refractivity contribution in [3.05, 3.63) is 71.4 Å². The van der Waals surface area contributed by atoms with E-state index in [1.807, 2.05) is 61.5 Å². The van der Waals surface area contributed by atoms with E-state index in [4.69, 9.17) is 4.74 Å². The minimum Gasteiger partial charge on any atom is -0.383 e. The maximum Gasteiger partial charge on any atom is 0.278 e. The van der Waals surface area contributed by atoms with Gasteiger partial charge in [0.1, 0.15) is 5.70 Å². The lowest BCUT2D eigenvalue weighted by atomic mass is 10.0. The molecule has 0 spiro atoms. The summed E-state index contributed by atoms with van der Waals surface area (Å²) in [4.78, 5) is 26.9. The molecule has 0 aliphatic carbocycles. The number of carbonyl (C=O) groups excluding carboxylic acids is 2. The number of methoxy groups -OCH3 is 1. The fraction of sp³-hybridized carbons (Fsp3) is 0.200. The van der Waals surface area contributed by atoms with Crippen molar-refractivity contribution in [3.63, 3.8) is 0 Å². The lowest BCUT2D eigenvalue weighted by Gasteiger charge is -2.15. The number of carbonyl (C=O) groups is 2. The van der Waals surface area contributed by atoms with Gasteiger partial charge in [-0.1, -0.05) is 48.5 Å². The SMILES string of the molecule is COCCN1C(=O)C(Nc2ccccc2C)=C(c2ccccc2)C1=O. The molecule has 0 radical (unpaired) electrons. The van der Waals surface area contributed by atoms with Gasteiger partial charge >= 0.3 is 0 Å². The van der Waals surface area contributed by atoms with E-state index in [1.54, 1.807) is 7.11 Å². The molecule has 0 fully saturated rings. The second-order valence-corrected chi connectivity index (χ2v) is 5.81. The number of aryl methyl sites for hydroxylation is 1. The molecule has 1 heterocycles. The maximum atomic E-state index is 12.9. The van der Waals surface area contributed by atoms with Crippen molar-refractivity contribution >= 4 is 23.1 Å². The molecular formula is C20H20N2O3. The molecule has 25 heavy (non-hydrogen) atoms. The Labute approximate surface area is 146 Å². The van der Waals surface area contributed by atoms with Crippen LogP contribution < -0.4 is 5.32 Å². The van der Waals surface area contributed by atoms with Gasteiger partial charge in [0, 0.05) is 12.8 Å².